The van der Waals surface area contributed by atoms with E-state index in [9.17, 15) is 4.79 Å². The first-order chi connectivity index (χ1) is 10.2. The van der Waals surface area contributed by atoms with Crippen molar-refractivity contribution in [1.82, 2.24) is 10.1 Å². The van der Waals surface area contributed by atoms with Crippen LogP contribution in [-0.2, 0) is 4.74 Å². The lowest BCUT2D eigenvalue weighted by atomic mass is 10.0. The molecule has 1 saturated heterocycles. The molecule has 0 saturated carbocycles. The quantitative estimate of drug-likeness (QED) is 0.851. The third-order valence-corrected chi connectivity index (χ3v) is 3.65. The lowest BCUT2D eigenvalue weighted by Gasteiger charge is -2.31. The van der Waals surface area contributed by atoms with E-state index in [1.54, 1.807) is 11.8 Å². The minimum absolute atomic E-state index is 0.0391. The van der Waals surface area contributed by atoms with Crippen molar-refractivity contribution in [2.24, 2.45) is 0 Å². The van der Waals surface area contributed by atoms with Gasteiger partial charge in [0.15, 0.2) is 0 Å². The summed E-state index contributed by atoms with van der Waals surface area (Å²) in [7, 11) is 0. The highest BCUT2D eigenvalue weighted by Crippen LogP contribution is 2.26. The number of carbonyl (C=O) groups excluding carboxylic acids is 1. The molecule has 0 unspecified atom stereocenters. The highest BCUT2D eigenvalue weighted by molar-refractivity contribution is 6.00. The van der Waals surface area contributed by atoms with E-state index < -0.39 is 0 Å². The monoisotopic (exact) mass is 286 g/mol. The molecule has 1 aliphatic heterocycles. The summed E-state index contributed by atoms with van der Waals surface area (Å²) in [5.74, 6) is 0.515. The van der Waals surface area contributed by atoms with Gasteiger partial charge in [-0.1, -0.05) is 35.5 Å². The Morgan fingerprint density at radius 1 is 1.33 bits per heavy atom. The number of ether oxygens (including phenoxy) is 1. The Labute approximate surface area is 123 Å². The Balaban J connectivity index is 1.95. The van der Waals surface area contributed by atoms with Crippen molar-refractivity contribution < 1.29 is 14.1 Å². The zero-order valence-electron chi connectivity index (χ0n) is 12.2. The first-order valence-corrected chi connectivity index (χ1v) is 7.09. The Hall–Kier alpha value is -2.14. The summed E-state index contributed by atoms with van der Waals surface area (Å²) in [6, 6.07) is 9.63. The average Bonchev–Trinajstić information content (AvgIpc) is 2.89. The van der Waals surface area contributed by atoms with Gasteiger partial charge >= 0.3 is 0 Å². The van der Waals surface area contributed by atoms with Gasteiger partial charge in [-0.05, 0) is 13.8 Å². The molecule has 1 aromatic heterocycles. The highest BCUT2D eigenvalue weighted by Gasteiger charge is 2.28. The number of morpholine rings is 1. The molecule has 1 amide bonds. The third kappa shape index (κ3) is 2.69. The first kappa shape index (κ1) is 13.8. The van der Waals surface area contributed by atoms with Gasteiger partial charge < -0.3 is 14.2 Å². The van der Waals surface area contributed by atoms with E-state index in [0.29, 0.717) is 36.7 Å². The fourth-order valence-electron chi connectivity index (χ4n) is 2.58. The van der Waals surface area contributed by atoms with Crippen LogP contribution in [0.4, 0.5) is 0 Å². The van der Waals surface area contributed by atoms with Crippen molar-refractivity contribution >= 4 is 5.91 Å². The van der Waals surface area contributed by atoms with Gasteiger partial charge in [0.2, 0.25) is 0 Å². The maximum atomic E-state index is 12.8. The van der Waals surface area contributed by atoms with Crippen molar-refractivity contribution in [3.8, 4) is 11.3 Å². The molecule has 0 bridgehead atoms. The van der Waals surface area contributed by atoms with Crippen LogP contribution in [0.2, 0.25) is 0 Å². The third-order valence-electron chi connectivity index (χ3n) is 3.65. The van der Waals surface area contributed by atoms with E-state index in [1.165, 1.54) is 0 Å². The molecule has 0 N–H and O–H groups in total. The Morgan fingerprint density at radius 3 is 2.81 bits per heavy atom. The van der Waals surface area contributed by atoms with Gasteiger partial charge in [-0.3, -0.25) is 4.79 Å². The van der Waals surface area contributed by atoms with Crippen LogP contribution in [0.5, 0.6) is 0 Å². The molecule has 1 atom stereocenters. The zero-order chi connectivity index (χ0) is 14.8. The highest BCUT2D eigenvalue weighted by atomic mass is 16.5. The Morgan fingerprint density at radius 2 is 2.10 bits per heavy atom. The number of aromatic nitrogens is 1. The van der Waals surface area contributed by atoms with Gasteiger partial charge in [0.1, 0.15) is 17.0 Å². The summed E-state index contributed by atoms with van der Waals surface area (Å²) in [6.45, 7) is 5.51. The standard InChI is InChI=1S/C16H18N2O3/c1-11-10-18(8-9-20-11)16(19)14-12(2)21-17-15(14)13-6-4-3-5-7-13/h3-7,11H,8-10H2,1-2H3/t11-/m1/s1. The molecule has 5 nitrogen and oxygen atoms in total. The molecule has 1 fully saturated rings. The van der Waals surface area contributed by atoms with E-state index in [4.69, 9.17) is 9.26 Å². The number of rotatable bonds is 2. The molecule has 21 heavy (non-hydrogen) atoms. The van der Waals surface area contributed by atoms with Gasteiger partial charge in [0.05, 0.1) is 12.7 Å². The molecule has 110 valence electrons. The first-order valence-electron chi connectivity index (χ1n) is 7.09. The van der Waals surface area contributed by atoms with Crippen molar-refractivity contribution in [1.29, 1.82) is 0 Å². The summed E-state index contributed by atoms with van der Waals surface area (Å²) in [5.41, 5.74) is 2.05. The number of aryl methyl sites for hydroxylation is 1. The SMILES string of the molecule is Cc1onc(-c2ccccc2)c1C(=O)N1CCO[C@H](C)C1. The summed E-state index contributed by atoms with van der Waals surface area (Å²) in [5, 5.41) is 4.07. The van der Waals surface area contributed by atoms with Crippen molar-refractivity contribution in [3.63, 3.8) is 0 Å². The van der Waals surface area contributed by atoms with Gasteiger partial charge in [0, 0.05) is 18.7 Å². The van der Waals surface area contributed by atoms with Crippen LogP contribution in [0, 0.1) is 6.92 Å². The maximum Gasteiger partial charge on any atom is 0.259 e. The molecule has 0 spiro atoms. The number of hydrogen-bond acceptors (Lipinski definition) is 4. The van der Waals surface area contributed by atoms with Crippen molar-refractivity contribution in [3.05, 3.63) is 41.7 Å². The lowest BCUT2D eigenvalue weighted by Crippen LogP contribution is -2.44. The fourth-order valence-corrected chi connectivity index (χ4v) is 2.58. The minimum Gasteiger partial charge on any atom is -0.375 e. The average molecular weight is 286 g/mol. The largest absolute Gasteiger partial charge is 0.375 e. The van der Waals surface area contributed by atoms with Gasteiger partial charge in [-0.25, -0.2) is 0 Å². The lowest BCUT2D eigenvalue weighted by molar-refractivity contribution is -0.0124. The second-order valence-corrected chi connectivity index (χ2v) is 5.26. The van der Waals surface area contributed by atoms with Crippen LogP contribution >= 0.6 is 0 Å². The fraction of sp³-hybridized carbons (Fsp3) is 0.375. The summed E-state index contributed by atoms with van der Waals surface area (Å²) in [6.07, 6.45) is 0.0584. The molecule has 5 heteroatoms. The van der Waals surface area contributed by atoms with Crippen LogP contribution in [0.15, 0.2) is 34.9 Å². The molecule has 2 aromatic rings. The predicted octanol–water partition coefficient (Wildman–Crippen LogP) is 2.51. The smallest absolute Gasteiger partial charge is 0.259 e. The van der Waals surface area contributed by atoms with Gasteiger partial charge in [-0.2, -0.15) is 0 Å². The molecular weight excluding hydrogens is 268 g/mol. The maximum absolute atomic E-state index is 12.8. The van der Waals surface area contributed by atoms with Crippen LogP contribution in [0.25, 0.3) is 11.3 Å². The van der Waals surface area contributed by atoms with Gasteiger partial charge in [0.25, 0.3) is 5.91 Å². The Bertz CT molecular complexity index is 636. The molecule has 0 radical (unpaired) electrons. The van der Waals surface area contributed by atoms with Crippen LogP contribution in [-0.4, -0.2) is 41.8 Å². The topological polar surface area (TPSA) is 55.6 Å². The van der Waals surface area contributed by atoms with E-state index >= 15 is 0 Å². The van der Waals surface area contributed by atoms with E-state index in [0.717, 1.165) is 5.56 Å². The van der Waals surface area contributed by atoms with Crippen molar-refractivity contribution in [2.75, 3.05) is 19.7 Å². The normalized spacial score (nSPS) is 18.8. The molecule has 1 aromatic carbocycles. The summed E-state index contributed by atoms with van der Waals surface area (Å²) < 4.78 is 10.7. The number of hydrogen-bond donors (Lipinski definition) is 0. The van der Waals surface area contributed by atoms with E-state index in [1.807, 2.05) is 37.3 Å². The second-order valence-electron chi connectivity index (χ2n) is 5.26. The number of benzene rings is 1. The number of nitrogens with zero attached hydrogens (tertiary/aromatic N) is 2. The molecule has 0 aliphatic carbocycles. The van der Waals surface area contributed by atoms with Crippen molar-refractivity contribution in [2.45, 2.75) is 20.0 Å². The molecule has 1 aliphatic rings. The predicted molar refractivity (Wildman–Crippen MR) is 78.0 cm³/mol. The van der Waals surface area contributed by atoms with Crippen LogP contribution in [0.3, 0.4) is 0 Å². The molecule has 2 heterocycles. The molecule has 3 rings (SSSR count). The molecular formula is C16H18N2O3. The number of carbonyl (C=O) groups is 1. The van der Waals surface area contributed by atoms with Crippen LogP contribution < -0.4 is 0 Å². The second kappa shape index (κ2) is 5.69. The zero-order valence-corrected chi connectivity index (χ0v) is 12.2. The summed E-state index contributed by atoms with van der Waals surface area (Å²) in [4.78, 5) is 14.6. The number of amides is 1. The minimum atomic E-state index is -0.0391. The van der Waals surface area contributed by atoms with E-state index in [2.05, 4.69) is 5.16 Å². The van der Waals surface area contributed by atoms with Crippen LogP contribution in [0.1, 0.15) is 23.0 Å². The Kier molecular flexibility index (Phi) is 3.75. The summed E-state index contributed by atoms with van der Waals surface area (Å²) >= 11 is 0. The van der Waals surface area contributed by atoms with Gasteiger partial charge in [-0.15, -0.1) is 0 Å². The van der Waals surface area contributed by atoms with E-state index in [-0.39, 0.29) is 12.0 Å².